The number of hydrogen-bond acceptors (Lipinski definition) is 24. The zero-order chi connectivity index (χ0) is 89.8. The molecule has 0 amide bonds. The van der Waals surface area contributed by atoms with E-state index in [-0.39, 0.29) is 333 Å². The van der Waals surface area contributed by atoms with Crippen molar-refractivity contribution >= 4 is 60.7 Å². The summed E-state index contributed by atoms with van der Waals surface area (Å²) in [7, 11) is -27.8. The van der Waals surface area contributed by atoms with E-state index in [0.717, 1.165) is 33.4 Å². The van der Waals surface area contributed by atoms with Crippen LogP contribution >= 0.6 is 0 Å². The molecule has 7 rings (SSSR count). The Morgan fingerprint density at radius 2 is 0.294 bits per heavy atom. The molecule has 0 atom stereocenters. The normalized spacial score (nSPS) is 13.3. The fourth-order valence-corrected chi connectivity index (χ4v) is 17.7. The Kier molecular flexibility index (Phi) is 50.8. The molecule has 0 unspecified atom stereocenters. The number of ether oxygens (including phenoxy) is 6. The monoisotopic (exact) mass is 1920 g/mol. The maximum atomic E-state index is 12.2. The number of fused-ring (bicyclic) bond motifs is 12. The zero-order valence-corrected chi connectivity index (χ0v) is 96.3. The van der Waals surface area contributed by atoms with Crippen LogP contribution in [0.25, 0.3) is 0 Å². The maximum Gasteiger partial charge on any atom is 1.00 e. The Morgan fingerprint density at radius 3 is 0.373 bits per heavy atom. The molecule has 36 heteroatoms. The van der Waals surface area contributed by atoms with Gasteiger partial charge >= 0.3 is 177 Å². The van der Waals surface area contributed by atoms with E-state index in [4.69, 9.17) is 28.4 Å². The smallest absolute Gasteiger partial charge is 0.748 e. The van der Waals surface area contributed by atoms with E-state index in [1.54, 1.807) is 0 Å². The van der Waals surface area contributed by atoms with Crippen LogP contribution in [0.3, 0.4) is 0 Å². The summed E-state index contributed by atoms with van der Waals surface area (Å²) in [5, 5.41) is 0. The van der Waals surface area contributed by atoms with Gasteiger partial charge in [0.15, 0.2) is 0 Å². The first-order chi connectivity index (χ1) is 55.0. The summed E-state index contributed by atoms with van der Waals surface area (Å²) in [4.78, 5) is 0. The first-order valence-corrected chi connectivity index (χ1v) is 50.8. The van der Waals surface area contributed by atoms with Crippen molar-refractivity contribution in [2.45, 2.75) is 273 Å². The number of unbranched alkanes of at least 4 members (excludes halogenated alkanes) is 6. The standard InChI is InChI=1S/C90H132O24S6.6Na/c1-85(2,3)73-49-61-43-63-51-74(86(4,5)6)53-65(80(63)110-32-20-26-38-116(94,95)96)45-67-55-76(88(10,11)12)57-69(82(67)112-34-22-28-40-118(100,101)102)47-71-59-78(90(16,17)18)60-72(84(71)114-36-24-30-42-120(106,107)108)48-70-58-77(89(13,14)15)56-68(83(70)113-35-23-29-41-119(103,104)105)46-66-54-75(87(7,8)9)52-64(81(66)111-33-21-27-39-117(97,98)99)44-62(50-73)79(61)109-31-19-25-37-115(91,92)93;;;;;;/h49-60H,19-48H2,1-18H3,(H,91,92,93)(H,94,95,96)(H,97,98,99)(H,100,101,102)(H,103,104,105)(H,106,107,108);;;;;;/q;6*+1/p-6. The van der Waals surface area contributed by atoms with Crippen LogP contribution in [0.4, 0.5) is 0 Å². The fourth-order valence-electron chi connectivity index (χ4n) is 14.4. The van der Waals surface area contributed by atoms with Crippen LogP contribution < -0.4 is 206 Å². The summed E-state index contributed by atoms with van der Waals surface area (Å²) < 4.78 is 262. The van der Waals surface area contributed by atoms with Crippen LogP contribution in [0.2, 0.25) is 0 Å². The molecular formula is C90H126Na6O24S6. The molecule has 6 aromatic rings. The minimum absolute atomic E-state index is 0. The first kappa shape index (κ1) is 124. The number of hydrogen-bond donors (Lipinski definition) is 0. The van der Waals surface area contributed by atoms with Gasteiger partial charge in [0.05, 0.1) is 100 Å². The van der Waals surface area contributed by atoms with Crippen molar-refractivity contribution in [3.63, 3.8) is 0 Å². The molecule has 12 bridgehead atoms. The van der Waals surface area contributed by atoms with Crippen LogP contribution in [0.15, 0.2) is 72.8 Å². The van der Waals surface area contributed by atoms with Gasteiger partial charge in [0.2, 0.25) is 0 Å². The molecule has 1 aliphatic rings. The summed E-state index contributed by atoms with van der Waals surface area (Å²) in [5.41, 5.74) is 9.59. The second-order valence-electron chi connectivity index (χ2n) is 38.2. The predicted molar refractivity (Wildman–Crippen MR) is 463 cm³/mol. The molecule has 0 N–H and O–H groups in total. The van der Waals surface area contributed by atoms with Gasteiger partial charge in [0.25, 0.3) is 0 Å². The Morgan fingerprint density at radius 1 is 0.198 bits per heavy atom. The summed E-state index contributed by atoms with van der Waals surface area (Å²) in [6.07, 6.45) is 1.19. The van der Waals surface area contributed by atoms with Gasteiger partial charge in [0.1, 0.15) is 34.5 Å². The minimum atomic E-state index is -4.63. The van der Waals surface area contributed by atoms with Gasteiger partial charge in [-0.3, -0.25) is 0 Å². The van der Waals surface area contributed by atoms with Gasteiger partial charge in [-0.2, -0.15) is 0 Å². The summed E-state index contributed by atoms with van der Waals surface area (Å²) in [6, 6.07) is 24.8. The van der Waals surface area contributed by atoms with Crippen molar-refractivity contribution in [1.82, 2.24) is 0 Å². The van der Waals surface area contributed by atoms with Gasteiger partial charge in [-0.15, -0.1) is 0 Å². The van der Waals surface area contributed by atoms with Gasteiger partial charge in [-0.1, -0.05) is 197 Å². The molecule has 6 aromatic carbocycles. The minimum Gasteiger partial charge on any atom is -0.748 e. The van der Waals surface area contributed by atoms with E-state index in [9.17, 15) is 77.8 Å². The third-order valence-electron chi connectivity index (χ3n) is 21.1. The van der Waals surface area contributed by atoms with Crippen LogP contribution in [0.1, 0.15) is 302 Å². The average molecular weight is 1920 g/mol. The molecule has 0 fully saturated rings. The Labute approximate surface area is 886 Å². The third kappa shape index (κ3) is 42.3. The van der Waals surface area contributed by atoms with E-state index in [1.165, 1.54) is 0 Å². The summed E-state index contributed by atoms with van der Waals surface area (Å²) in [5.74, 6) is -1.41. The van der Waals surface area contributed by atoms with Gasteiger partial charge in [-0.25, -0.2) is 50.5 Å². The molecule has 0 aliphatic heterocycles. The quantitative estimate of drug-likeness (QED) is 0.0224. The Balaban J connectivity index is 0.0000132. The van der Waals surface area contributed by atoms with Crippen molar-refractivity contribution in [2.24, 2.45) is 0 Å². The number of rotatable bonds is 36. The van der Waals surface area contributed by atoms with Crippen molar-refractivity contribution in [1.29, 1.82) is 0 Å². The molecule has 672 valence electrons. The summed E-state index contributed by atoms with van der Waals surface area (Å²) >= 11 is 0. The van der Waals surface area contributed by atoms with Crippen molar-refractivity contribution in [3.8, 4) is 34.5 Å². The van der Waals surface area contributed by atoms with Crippen molar-refractivity contribution in [2.75, 3.05) is 74.2 Å². The molecule has 0 saturated carbocycles. The van der Waals surface area contributed by atoms with E-state index < -0.39 is 128 Å². The van der Waals surface area contributed by atoms with Crippen LogP contribution in [-0.4, -0.2) is 152 Å². The van der Waals surface area contributed by atoms with Crippen molar-refractivity contribution in [3.05, 3.63) is 173 Å². The Bertz CT molecular complexity index is 4330. The molecule has 0 spiro atoms. The first-order valence-electron chi connectivity index (χ1n) is 41.4. The fraction of sp³-hybridized carbons (Fsp3) is 0.600. The van der Waals surface area contributed by atoms with E-state index in [0.29, 0.717) is 101 Å². The van der Waals surface area contributed by atoms with E-state index >= 15 is 0 Å². The summed E-state index contributed by atoms with van der Waals surface area (Å²) in [6.45, 7) is 36.9. The largest absolute Gasteiger partial charge is 1.00 e. The average Bonchev–Trinajstić information content (AvgIpc) is 0.764. The molecule has 24 nitrogen and oxygen atoms in total. The molecular weight excluding hydrogens is 1800 g/mol. The SMILES string of the molecule is CC(C)(C)c1cc2c(OCCCCS(=O)(=O)[O-])c(c1)Cc1cc(C(C)(C)C)cc(c1OCCCCS(=O)(=O)[O-])Cc1cc(C(C)(C)C)cc(c1OCCCCS(=O)(=O)[O-])Cc1cc(C(C)(C)C)cc(c1OCCCCS(=O)(=O)[O-])Cc1cc(C(C)(C)C)cc(c1OCCCCS(=O)(=O)[O-])Cc1cc(C(C)(C)C)cc(c1OCCCCS(=O)(=O)[O-])C2.[Na+].[Na+].[Na+].[Na+].[Na+].[Na+]. The van der Waals surface area contributed by atoms with Gasteiger partial charge in [-0.05, 0) is 210 Å². The third-order valence-corrected chi connectivity index (χ3v) is 25.9. The van der Waals surface area contributed by atoms with Gasteiger partial charge < -0.3 is 55.7 Å². The van der Waals surface area contributed by atoms with E-state index in [1.807, 2.05) is 0 Å². The Hall–Kier alpha value is -0.420. The van der Waals surface area contributed by atoms with E-state index in [2.05, 4.69) is 197 Å². The molecule has 126 heavy (non-hydrogen) atoms. The molecule has 0 heterocycles. The topological polar surface area (TPSA) is 399 Å². The molecule has 1 aliphatic carbocycles. The van der Waals surface area contributed by atoms with Crippen molar-refractivity contribution < 1.29 is 284 Å². The van der Waals surface area contributed by atoms with Gasteiger partial charge in [0, 0.05) is 73.0 Å². The zero-order valence-electron chi connectivity index (χ0n) is 79.4. The molecule has 0 aromatic heterocycles. The van der Waals surface area contributed by atoms with Crippen LogP contribution in [0, 0.1) is 0 Å². The molecule has 0 radical (unpaired) electrons. The maximum absolute atomic E-state index is 12.2. The molecule has 0 saturated heterocycles. The van der Waals surface area contributed by atoms with Crippen LogP contribution in [-0.2, 0) is 132 Å². The van der Waals surface area contributed by atoms with Crippen LogP contribution in [0.5, 0.6) is 34.5 Å². The second kappa shape index (κ2) is 51.8. The predicted octanol–water partition coefficient (Wildman–Crippen LogP) is -2.42. The second-order valence-corrected chi connectivity index (χ2v) is 47.3. The number of benzene rings is 6.